The number of carbonyl (C=O) groups is 1. The second-order valence-electron chi connectivity index (χ2n) is 8.90. The first-order chi connectivity index (χ1) is 15.8. The van der Waals surface area contributed by atoms with Gasteiger partial charge in [0.1, 0.15) is 0 Å². The number of fused-ring (bicyclic) bond motifs is 1. The minimum atomic E-state index is -2.02. The van der Waals surface area contributed by atoms with E-state index in [-0.39, 0.29) is 17.9 Å². The molecule has 1 aromatic heterocycles. The maximum atomic E-state index is 13.5. The van der Waals surface area contributed by atoms with Crippen molar-refractivity contribution in [3.63, 3.8) is 0 Å². The molecule has 0 spiro atoms. The van der Waals surface area contributed by atoms with Crippen LogP contribution >= 0.6 is 23.2 Å². The highest BCUT2D eigenvalue weighted by molar-refractivity contribution is 8.00. The number of nitrogens with zero attached hydrogens (tertiary/aromatic N) is 3. The van der Waals surface area contributed by atoms with E-state index in [1.165, 1.54) is 0 Å². The van der Waals surface area contributed by atoms with Gasteiger partial charge in [0, 0.05) is 37.1 Å². The first kappa shape index (κ1) is 22.6. The molecule has 33 heavy (non-hydrogen) atoms. The molecule has 1 N–H and O–H groups in total. The Morgan fingerprint density at radius 2 is 1.79 bits per heavy atom. The molecule has 2 fully saturated rings. The number of H-pyrrole nitrogens is 1. The van der Waals surface area contributed by atoms with Gasteiger partial charge in [-0.2, -0.15) is 0 Å². The summed E-state index contributed by atoms with van der Waals surface area (Å²) >= 11 is 12.3. The Kier molecular flexibility index (Phi) is 6.05. The van der Waals surface area contributed by atoms with Crippen LogP contribution in [0.25, 0.3) is 11.0 Å². The molecule has 2 aromatic carbocycles. The third kappa shape index (κ3) is 4.59. The Balaban J connectivity index is 1.42. The highest BCUT2D eigenvalue weighted by Crippen LogP contribution is 2.33. The number of amides is 1. The molecule has 1 atom stereocenters. The number of anilines is 1. The normalized spacial score (nSPS) is 26.0. The largest absolute Gasteiger partial charge is 0.338 e. The van der Waals surface area contributed by atoms with Gasteiger partial charge >= 0.3 is 0 Å². The summed E-state index contributed by atoms with van der Waals surface area (Å²) in [6.45, 7) is 1.87. The van der Waals surface area contributed by atoms with Gasteiger partial charge in [0.2, 0.25) is 11.9 Å². The predicted octanol–water partition coefficient (Wildman–Crippen LogP) is 4.39. The predicted molar refractivity (Wildman–Crippen MR) is 137 cm³/mol. The molecule has 174 valence electrons. The lowest BCUT2D eigenvalue weighted by Gasteiger charge is -2.43. The van der Waals surface area contributed by atoms with Crippen LogP contribution in [-0.2, 0) is 14.3 Å². The lowest BCUT2D eigenvalue weighted by molar-refractivity contribution is -0.138. The van der Waals surface area contributed by atoms with E-state index < -0.39 is 9.52 Å². The molecule has 0 bridgehead atoms. The number of benzene rings is 2. The molecule has 3 aromatic rings. The Labute approximate surface area is 203 Å². The van der Waals surface area contributed by atoms with E-state index in [1.54, 1.807) is 12.1 Å². The van der Waals surface area contributed by atoms with Gasteiger partial charge in [-0.3, -0.25) is 9.00 Å². The smallest absolute Gasteiger partial charge is 0.226 e. The third-order valence-electron chi connectivity index (χ3n) is 6.68. The van der Waals surface area contributed by atoms with Crippen molar-refractivity contribution in [1.82, 2.24) is 14.9 Å². The molecule has 6 nitrogen and oxygen atoms in total. The number of hydrogen-bond acceptors (Lipinski definition) is 4. The molecule has 2 saturated heterocycles. The van der Waals surface area contributed by atoms with Crippen molar-refractivity contribution in [2.75, 3.05) is 36.0 Å². The first-order valence-corrected chi connectivity index (χ1v) is 13.9. The topological polar surface area (TPSA) is 69.3 Å². The molecule has 9 heteroatoms. The van der Waals surface area contributed by atoms with Crippen LogP contribution in [0.5, 0.6) is 0 Å². The molecule has 5 rings (SSSR count). The summed E-state index contributed by atoms with van der Waals surface area (Å²) in [6.07, 6.45) is 1.29. The van der Waals surface area contributed by atoms with Crippen molar-refractivity contribution in [2.24, 2.45) is 5.92 Å². The summed E-state index contributed by atoms with van der Waals surface area (Å²) in [5.74, 6) is 5.71. The van der Waals surface area contributed by atoms with Crippen LogP contribution in [0.2, 0.25) is 10.0 Å². The van der Waals surface area contributed by atoms with Crippen molar-refractivity contribution in [3.8, 4) is 0 Å². The number of halogens is 2. The van der Waals surface area contributed by atoms with Crippen LogP contribution in [0.1, 0.15) is 24.4 Å². The summed E-state index contributed by atoms with van der Waals surface area (Å²) < 4.78 is 12.3. The Hall–Kier alpha value is -2.22. The number of hydrogen-bond donors (Lipinski definition) is 1. The second kappa shape index (κ2) is 8.85. The van der Waals surface area contributed by atoms with Gasteiger partial charge in [-0.15, -0.1) is 0 Å². The molecule has 0 aliphatic carbocycles. The maximum absolute atomic E-state index is 13.5. The molecule has 2 aliphatic rings. The standard InChI is InChI=1S/C24H26Cl2N4O2S/c1-33(32)11-7-17(8-12-33)23(31)30-10-9-29(15-22(30)16-5-3-2-4-6-16)24-27-20-13-18(25)19(26)14-21(20)28-24/h2-6,13-14,17,22H,1,7-12,15H2,(H,27,28). The highest BCUT2D eigenvalue weighted by atomic mass is 35.5. The fourth-order valence-corrected chi connectivity index (χ4v) is 6.74. The second-order valence-corrected chi connectivity index (χ2v) is 12.5. The monoisotopic (exact) mass is 504 g/mol. The first-order valence-electron chi connectivity index (χ1n) is 11.1. The summed E-state index contributed by atoms with van der Waals surface area (Å²) in [5.41, 5.74) is 2.68. The zero-order valence-corrected chi connectivity index (χ0v) is 20.5. The van der Waals surface area contributed by atoms with Gasteiger partial charge in [-0.05, 0) is 45.9 Å². The van der Waals surface area contributed by atoms with E-state index in [2.05, 4.69) is 27.9 Å². The van der Waals surface area contributed by atoms with Gasteiger partial charge in [0.15, 0.2) is 0 Å². The average Bonchev–Trinajstić information content (AvgIpc) is 3.22. The van der Waals surface area contributed by atoms with Gasteiger partial charge in [-0.25, -0.2) is 4.98 Å². The SMILES string of the molecule is C=S1(=O)CCC(C(=O)N2CCN(c3nc4cc(Cl)c(Cl)cc4[nH]3)CC2c2ccccc2)CC1. The Bertz CT molecular complexity index is 1240. The van der Waals surface area contributed by atoms with Crippen molar-refractivity contribution < 1.29 is 9.00 Å². The number of aromatic nitrogens is 2. The number of aromatic amines is 1. The molecule has 1 amide bonds. The number of nitrogens with one attached hydrogen (secondary N) is 1. The maximum Gasteiger partial charge on any atom is 0.226 e. The van der Waals surface area contributed by atoms with Crippen LogP contribution in [0.15, 0.2) is 42.5 Å². The van der Waals surface area contributed by atoms with Crippen LogP contribution in [-0.4, -0.2) is 62.0 Å². The minimum absolute atomic E-state index is 0.0884. The van der Waals surface area contributed by atoms with Crippen molar-refractivity contribution in [1.29, 1.82) is 0 Å². The molecule has 3 heterocycles. The van der Waals surface area contributed by atoms with E-state index in [1.807, 2.05) is 23.1 Å². The zero-order valence-electron chi connectivity index (χ0n) is 18.2. The quantitative estimate of drug-likeness (QED) is 0.537. The average molecular weight is 505 g/mol. The molecule has 0 radical (unpaired) electrons. The van der Waals surface area contributed by atoms with Crippen LogP contribution in [0, 0.1) is 5.92 Å². The van der Waals surface area contributed by atoms with Gasteiger partial charge in [-0.1, -0.05) is 53.5 Å². The van der Waals surface area contributed by atoms with E-state index in [9.17, 15) is 9.00 Å². The molecule has 1 unspecified atom stereocenters. The number of piperazine rings is 1. The van der Waals surface area contributed by atoms with Crippen LogP contribution in [0.3, 0.4) is 0 Å². The molecular weight excluding hydrogens is 479 g/mol. The van der Waals surface area contributed by atoms with E-state index in [0.717, 1.165) is 22.5 Å². The third-order valence-corrected chi connectivity index (χ3v) is 9.37. The van der Waals surface area contributed by atoms with Gasteiger partial charge in [0.25, 0.3) is 0 Å². The fourth-order valence-electron chi connectivity index (χ4n) is 4.78. The molecule has 0 saturated carbocycles. The summed E-state index contributed by atoms with van der Waals surface area (Å²) in [5, 5.41) is 0.953. The van der Waals surface area contributed by atoms with Crippen molar-refractivity contribution in [2.45, 2.75) is 18.9 Å². The van der Waals surface area contributed by atoms with Crippen LogP contribution in [0.4, 0.5) is 5.95 Å². The molecular formula is C24H26Cl2N4O2S. The fraction of sp³-hybridized carbons (Fsp3) is 0.375. The Morgan fingerprint density at radius 3 is 2.52 bits per heavy atom. The van der Waals surface area contributed by atoms with E-state index in [0.29, 0.717) is 54.0 Å². The lowest BCUT2D eigenvalue weighted by atomic mass is 9.96. The number of imidazole rings is 1. The van der Waals surface area contributed by atoms with Gasteiger partial charge < -0.3 is 14.8 Å². The number of rotatable bonds is 3. The van der Waals surface area contributed by atoms with E-state index in [4.69, 9.17) is 28.2 Å². The summed E-state index contributed by atoms with van der Waals surface area (Å²) in [4.78, 5) is 25.8. The van der Waals surface area contributed by atoms with Crippen LogP contribution < -0.4 is 4.90 Å². The molecule has 2 aliphatic heterocycles. The lowest BCUT2D eigenvalue weighted by Crippen LogP contribution is -2.53. The number of carbonyl (C=O) groups excluding carboxylic acids is 1. The summed E-state index contributed by atoms with van der Waals surface area (Å²) in [6, 6.07) is 13.6. The highest BCUT2D eigenvalue weighted by Gasteiger charge is 2.37. The van der Waals surface area contributed by atoms with E-state index >= 15 is 0 Å². The minimum Gasteiger partial charge on any atom is -0.338 e. The van der Waals surface area contributed by atoms with Gasteiger partial charge in [0.05, 0.1) is 27.1 Å². The summed E-state index contributed by atoms with van der Waals surface area (Å²) in [7, 11) is -2.02. The Morgan fingerprint density at radius 1 is 1.09 bits per heavy atom. The van der Waals surface area contributed by atoms with Crippen molar-refractivity contribution >= 4 is 61.5 Å². The van der Waals surface area contributed by atoms with Crippen molar-refractivity contribution in [3.05, 3.63) is 58.1 Å². The zero-order chi connectivity index (χ0) is 23.2.